The van der Waals surface area contributed by atoms with Crippen LogP contribution in [0.1, 0.15) is 114 Å². The Labute approximate surface area is 297 Å². The van der Waals surface area contributed by atoms with E-state index < -0.39 is 41.1 Å². The van der Waals surface area contributed by atoms with Crippen LogP contribution in [0, 0.1) is 0 Å². The summed E-state index contributed by atoms with van der Waals surface area (Å²) < 4.78 is 21.1. The van der Waals surface area contributed by atoms with Crippen LogP contribution in [0.25, 0.3) is 0 Å². The molecule has 0 amide bonds. The number of hydrogen-bond acceptors (Lipinski definition) is 3. The number of rotatable bonds is 21. The van der Waals surface area contributed by atoms with E-state index in [1.54, 1.807) is 0 Å². The number of hydrogen-bond donors (Lipinski definition) is 1. The standard InChI is InChI=1S/C29H45O3Si2.3C4H9.Sn/c1-10-26(30)27(22-17-23-31-33(8,9)28(2,3)4)32-34(29(5,6)7,24-18-13-11-14-19-24)25-20-15-12-16-21-25;3*1-3-4-2;/h1,10-16,18-21,26-27,30H,17,22-23H2,2-9H3;3*1,3-4H2,2H3;/t26-,27+;;;;/m1..../s1. The van der Waals surface area contributed by atoms with Gasteiger partial charge in [-0.2, -0.15) is 0 Å². The Bertz CT molecular complexity index is 1090. The third-order valence-electron chi connectivity index (χ3n) is 10.8. The minimum atomic E-state index is -2.85. The van der Waals surface area contributed by atoms with Gasteiger partial charge in [0.25, 0.3) is 0 Å². The maximum atomic E-state index is 12.3. The van der Waals surface area contributed by atoms with Crippen LogP contribution in [0.15, 0.2) is 70.8 Å². The Morgan fingerprint density at radius 3 is 1.53 bits per heavy atom. The summed E-state index contributed by atoms with van der Waals surface area (Å²) in [4.78, 5) is 0. The number of unbranched alkanes of at least 4 members (excludes halogenated alkanes) is 3. The fourth-order valence-corrected chi connectivity index (χ4v) is 26.8. The fourth-order valence-electron chi connectivity index (χ4n) is 6.68. The van der Waals surface area contributed by atoms with Crippen molar-refractivity contribution < 1.29 is 14.0 Å². The quantitative estimate of drug-likeness (QED) is 0.101. The summed E-state index contributed by atoms with van der Waals surface area (Å²) in [6, 6.07) is 21.8. The van der Waals surface area contributed by atoms with Crippen LogP contribution in [0.4, 0.5) is 0 Å². The third kappa shape index (κ3) is 12.2. The van der Waals surface area contributed by atoms with E-state index in [1.165, 1.54) is 62.2 Å². The van der Waals surface area contributed by atoms with Crippen molar-refractivity contribution in [2.75, 3.05) is 6.61 Å². The van der Waals surface area contributed by atoms with Gasteiger partial charge < -0.3 is 0 Å². The number of aliphatic hydroxyl groups excluding tert-OH is 1. The summed E-state index contributed by atoms with van der Waals surface area (Å²) in [5.41, 5.74) is 0. The first-order chi connectivity index (χ1) is 22.1. The molecular formula is C41H72O3Si2Sn. The Morgan fingerprint density at radius 1 is 0.702 bits per heavy atom. The van der Waals surface area contributed by atoms with E-state index in [1.807, 2.05) is 0 Å². The van der Waals surface area contributed by atoms with Gasteiger partial charge >= 0.3 is 299 Å². The van der Waals surface area contributed by atoms with E-state index in [0.717, 1.165) is 12.8 Å². The average molecular weight is 788 g/mol. The second-order valence-electron chi connectivity index (χ2n) is 16.6. The molecule has 3 nitrogen and oxygen atoms in total. The first-order valence-corrected chi connectivity index (χ1v) is 31.4. The fraction of sp³-hybridized carbons (Fsp3) is 0.659. The van der Waals surface area contributed by atoms with Crippen LogP contribution >= 0.6 is 0 Å². The minimum absolute atomic E-state index is 0.151. The SMILES string of the molecule is CCC[CH2][Sn](/[CH]=C/[C@@H](O)[C@H](CCCO[Si](C)(C)C(C)(C)C)O[Si](c1ccccc1)(c1ccccc1)C(C)(C)C)([CH2]CCC)[CH2]CCC. The van der Waals surface area contributed by atoms with Gasteiger partial charge in [-0.3, -0.25) is 0 Å². The molecule has 0 aliphatic carbocycles. The molecule has 0 radical (unpaired) electrons. The van der Waals surface area contributed by atoms with Crippen LogP contribution in [0.3, 0.4) is 0 Å². The molecule has 0 aromatic heterocycles. The maximum absolute atomic E-state index is 12.3. The van der Waals surface area contributed by atoms with Gasteiger partial charge in [-0.15, -0.1) is 0 Å². The third-order valence-corrected chi connectivity index (χ3v) is 34.5. The van der Waals surface area contributed by atoms with Crippen molar-refractivity contribution in [2.24, 2.45) is 0 Å². The monoisotopic (exact) mass is 788 g/mol. The van der Waals surface area contributed by atoms with Crippen molar-refractivity contribution in [1.82, 2.24) is 0 Å². The Kier molecular flexibility index (Phi) is 17.7. The molecule has 2 rings (SSSR count). The predicted molar refractivity (Wildman–Crippen MR) is 215 cm³/mol. The van der Waals surface area contributed by atoms with E-state index in [4.69, 9.17) is 8.85 Å². The zero-order chi connectivity index (χ0) is 35.2. The molecule has 1 N–H and O–H groups in total. The zero-order valence-corrected chi connectivity index (χ0v) is 37.2. The molecule has 0 aliphatic rings. The van der Waals surface area contributed by atoms with Crippen molar-refractivity contribution in [1.29, 1.82) is 0 Å². The van der Waals surface area contributed by atoms with Gasteiger partial charge in [0.2, 0.25) is 0 Å². The summed E-state index contributed by atoms with van der Waals surface area (Å²) in [6.07, 6.45) is 10.6. The van der Waals surface area contributed by atoms with Crippen molar-refractivity contribution in [3.8, 4) is 0 Å². The molecule has 266 valence electrons. The average Bonchev–Trinajstić information content (AvgIpc) is 3.03. The summed E-state index contributed by atoms with van der Waals surface area (Å²) in [6.45, 7) is 26.3. The molecule has 2 atom stereocenters. The van der Waals surface area contributed by atoms with Crippen LogP contribution in [-0.2, 0) is 8.85 Å². The topological polar surface area (TPSA) is 38.7 Å². The normalized spacial score (nSPS) is 14.9. The molecule has 0 unspecified atom stereocenters. The number of aliphatic hydroxyl groups is 1. The van der Waals surface area contributed by atoms with Crippen LogP contribution in [0.5, 0.6) is 0 Å². The Hall–Kier alpha value is -0.708. The van der Waals surface area contributed by atoms with E-state index in [9.17, 15) is 5.11 Å². The van der Waals surface area contributed by atoms with E-state index in [0.29, 0.717) is 6.61 Å². The summed E-state index contributed by atoms with van der Waals surface area (Å²) >= 11 is -2.61. The molecule has 0 fully saturated rings. The molecular weight excluding hydrogens is 715 g/mol. The van der Waals surface area contributed by atoms with Crippen molar-refractivity contribution >= 4 is 45.4 Å². The Morgan fingerprint density at radius 2 is 1.15 bits per heavy atom. The molecule has 47 heavy (non-hydrogen) atoms. The molecule has 0 spiro atoms. The van der Waals surface area contributed by atoms with Gasteiger partial charge in [0, 0.05) is 0 Å². The molecule has 2 aromatic carbocycles. The van der Waals surface area contributed by atoms with Gasteiger partial charge in [-0.1, -0.05) is 0 Å². The van der Waals surface area contributed by atoms with E-state index in [-0.39, 0.29) is 16.2 Å². The van der Waals surface area contributed by atoms with Gasteiger partial charge in [0.1, 0.15) is 0 Å². The molecule has 0 saturated carbocycles. The summed E-state index contributed by atoms with van der Waals surface area (Å²) in [5, 5.41) is 14.8. The molecule has 6 heteroatoms. The zero-order valence-electron chi connectivity index (χ0n) is 32.3. The molecule has 0 bridgehead atoms. The summed E-state index contributed by atoms with van der Waals surface area (Å²) in [5.74, 6) is 0. The molecule has 0 saturated heterocycles. The second kappa shape index (κ2) is 19.6. The summed E-state index contributed by atoms with van der Waals surface area (Å²) in [7, 11) is -4.71. The van der Waals surface area contributed by atoms with Crippen LogP contribution in [-0.4, -0.2) is 58.9 Å². The van der Waals surface area contributed by atoms with Gasteiger partial charge in [-0.05, 0) is 0 Å². The van der Waals surface area contributed by atoms with Crippen LogP contribution < -0.4 is 10.4 Å². The molecule has 2 aromatic rings. The van der Waals surface area contributed by atoms with Gasteiger partial charge in [0.05, 0.1) is 0 Å². The predicted octanol–water partition coefficient (Wildman–Crippen LogP) is 11.0. The first-order valence-electron chi connectivity index (χ1n) is 18.9. The van der Waals surface area contributed by atoms with Crippen molar-refractivity contribution in [3.05, 3.63) is 70.8 Å². The van der Waals surface area contributed by atoms with Crippen molar-refractivity contribution in [2.45, 2.75) is 162 Å². The van der Waals surface area contributed by atoms with Gasteiger partial charge in [-0.25, -0.2) is 0 Å². The van der Waals surface area contributed by atoms with Crippen LogP contribution in [0.2, 0.25) is 36.5 Å². The number of benzene rings is 2. The Balaban J connectivity index is 2.61. The van der Waals surface area contributed by atoms with E-state index >= 15 is 0 Å². The van der Waals surface area contributed by atoms with E-state index in [2.05, 4.69) is 146 Å². The second-order valence-corrected chi connectivity index (χ2v) is 38.7. The van der Waals surface area contributed by atoms with Crippen molar-refractivity contribution in [3.63, 3.8) is 0 Å². The molecule has 0 aliphatic heterocycles. The molecule has 0 heterocycles. The first kappa shape index (κ1) is 42.5. The van der Waals surface area contributed by atoms with Gasteiger partial charge in [0.15, 0.2) is 0 Å².